The first-order chi connectivity index (χ1) is 8.13. The Hall–Kier alpha value is -1.42. The molecule has 0 aliphatic heterocycles. The van der Waals surface area contributed by atoms with Gasteiger partial charge in [0.1, 0.15) is 5.56 Å². The molecular formula is C12H13ClO4. The molecule has 0 aromatic heterocycles. The molecule has 5 heteroatoms. The standard InChI is InChI=1S/C12H13ClO4/c1-16-9-5-4-8(13)10(12(14)15)11(9)17-6-7-2-3-7/h4-5,7H,2-3,6H2,1H3,(H,14,15). The predicted molar refractivity (Wildman–Crippen MR) is 63.2 cm³/mol. The van der Waals surface area contributed by atoms with E-state index in [4.69, 9.17) is 26.2 Å². The van der Waals surface area contributed by atoms with Gasteiger partial charge in [0, 0.05) is 0 Å². The highest BCUT2D eigenvalue weighted by molar-refractivity contribution is 6.34. The lowest BCUT2D eigenvalue weighted by molar-refractivity contribution is 0.0691. The Bertz CT molecular complexity index is 440. The van der Waals surface area contributed by atoms with Crippen molar-refractivity contribution in [1.29, 1.82) is 0 Å². The number of carboxylic acid groups (broad SMARTS) is 1. The van der Waals surface area contributed by atoms with Crippen molar-refractivity contribution >= 4 is 17.6 Å². The van der Waals surface area contributed by atoms with Gasteiger partial charge in [-0.25, -0.2) is 4.79 Å². The van der Waals surface area contributed by atoms with Crippen molar-refractivity contribution < 1.29 is 19.4 Å². The fourth-order valence-corrected chi connectivity index (χ4v) is 1.76. The molecule has 1 aliphatic rings. The summed E-state index contributed by atoms with van der Waals surface area (Å²) in [6.45, 7) is 0.511. The molecule has 0 unspecified atom stereocenters. The fraction of sp³-hybridized carbons (Fsp3) is 0.417. The van der Waals surface area contributed by atoms with Crippen LogP contribution in [-0.4, -0.2) is 24.8 Å². The molecule has 0 radical (unpaired) electrons. The number of carboxylic acids is 1. The number of rotatable bonds is 5. The summed E-state index contributed by atoms with van der Waals surface area (Å²) in [4.78, 5) is 11.2. The van der Waals surface area contributed by atoms with Crippen molar-refractivity contribution in [2.75, 3.05) is 13.7 Å². The zero-order valence-electron chi connectivity index (χ0n) is 9.40. The Morgan fingerprint density at radius 2 is 2.24 bits per heavy atom. The summed E-state index contributed by atoms with van der Waals surface area (Å²) < 4.78 is 10.6. The van der Waals surface area contributed by atoms with Gasteiger partial charge >= 0.3 is 5.97 Å². The van der Waals surface area contributed by atoms with E-state index in [1.165, 1.54) is 13.2 Å². The zero-order valence-corrected chi connectivity index (χ0v) is 10.2. The third-order valence-corrected chi connectivity index (χ3v) is 2.98. The summed E-state index contributed by atoms with van der Waals surface area (Å²) in [5.74, 6) is 0.0341. The van der Waals surface area contributed by atoms with E-state index in [2.05, 4.69) is 0 Å². The lowest BCUT2D eigenvalue weighted by Gasteiger charge is -2.13. The number of hydrogen-bond donors (Lipinski definition) is 1. The Balaban J connectivity index is 2.34. The molecule has 1 fully saturated rings. The minimum absolute atomic E-state index is 0.0355. The average molecular weight is 257 g/mol. The second kappa shape index (κ2) is 4.84. The summed E-state index contributed by atoms with van der Waals surface area (Å²) in [5, 5.41) is 9.28. The molecule has 0 amide bonds. The van der Waals surface area contributed by atoms with Gasteiger partial charge in [0.2, 0.25) is 0 Å². The quantitative estimate of drug-likeness (QED) is 0.880. The molecule has 0 bridgehead atoms. The monoisotopic (exact) mass is 256 g/mol. The van der Waals surface area contributed by atoms with Gasteiger partial charge in [0.15, 0.2) is 11.5 Å². The summed E-state index contributed by atoms with van der Waals surface area (Å²) in [5.41, 5.74) is -0.0355. The van der Waals surface area contributed by atoms with E-state index in [0.29, 0.717) is 18.3 Å². The maximum atomic E-state index is 11.2. The normalized spacial score (nSPS) is 14.5. The van der Waals surface area contributed by atoms with Crippen LogP contribution in [0, 0.1) is 5.92 Å². The van der Waals surface area contributed by atoms with Crippen LogP contribution in [0.5, 0.6) is 11.5 Å². The third kappa shape index (κ3) is 2.64. The van der Waals surface area contributed by atoms with Crippen molar-refractivity contribution in [1.82, 2.24) is 0 Å². The van der Waals surface area contributed by atoms with Gasteiger partial charge in [0.05, 0.1) is 18.7 Å². The van der Waals surface area contributed by atoms with Crippen LogP contribution in [0.25, 0.3) is 0 Å². The van der Waals surface area contributed by atoms with Crippen LogP contribution < -0.4 is 9.47 Å². The summed E-state index contributed by atoms with van der Waals surface area (Å²) in [7, 11) is 1.47. The summed E-state index contributed by atoms with van der Waals surface area (Å²) >= 11 is 5.87. The largest absolute Gasteiger partial charge is 0.493 e. The molecule has 0 heterocycles. The van der Waals surface area contributed by atoms with Crippen molar-refractivity contribution in [3.8, 4) is 11.5 Å². The fourth-order valence-electron chi connectivity index (χ4n) is 1.53. The third-order valence-electron chi connectivity index (χ3n) is 2.66. The highest BCUT2D eigenvalue weighted by Crippen LogP contribution is 2.38. The highest BCUT2D eigenvalue weighted by atomic mass is 35.5. The van der Waals surface area contributed by atoms with E-state index in [1.807, 2.05) is 0 Å². The molecular weight excluding hydrogens is 244 g/mol. The first-order valence-corrected chi connectivity index (χ1v) is 5.74. The minimum atomic E-state index is -1.11. The van der Waals surface area contributed by atoms with Gasteiger partial charge in [-0.15, -0.1) is 0 Å². The van der Waals surface area contributed by atoms with Gasteiger partial charge in [-0.1, -0.05) is 11.6 Å². The van der Waals surface area contributed by atoms with Crippen LogP contribution in [0.3, 0.4) is 0 Å². The van der Waals surface area contributed by atoms with Gasteiger partial charge < -0.3 is 14.6 Å². The molecule has 4 nitrogen and oxygen atoms in total. The predicted octanol–water partition coefficient (Wildman–Crippen LogP) is 2.84. The van der Waals surface area contributed by atoms with Crippen molar-refractivity contribution in [3.63, 3.8) is 0 Å². The molecule has 1 aromatic rings. The van der Waals surface area contributed by atoms with E-state index >= 15 is 0 Å². The van der Waals surface area contributed by atoms with E-state index in [1.54, 1.807) is 6.07 Å². The van der Waals surface area contributed by atoms with Gasteiger partial charge in [-0.05, 0) is 30.9 Å². The number of benzene rings is 1. The Kier molecular flexibility index (Phi) is 3.43. The Morgan fingerprint density at radius 1 is 1.53 bits per heavy atom. The number of hydrogen-bond acceptors (Lipinski definition) is 3. The number of carbonyl (C=O) groups is 1. The van der Waals surface area contributed by atoms with Crippen molar-refractivity contribution in [2.24, 2.45) is 5.92 Å². The van der Waals surface area contributed by atoms with Gasteiger partial charge in [0.25, 0.3) is 0 Å². The maximum Gasteiger partial charge on any atom is 0.341 e. The average Bonchev–Trinajstić information content (AvgIpc) is 3.09. The molecule has 1 aliphatic carbocycles. The van der Waals surface area contributed by atoms with Crippen LogP contribution in [0.4, 0.5) is 0 Å². The molecule has 0 atom stereocenters. The second-order valence-electron chi connectivity index (χ2n) is 4.01. The first kappa shape index (κ1) is 12.0. The molecule has 1 saturated carbocycles. The van der Waals surface area contributed by atoms with Gasteiger partial charge in [-0.2, -0.15) is 0 Å². The van der Waals surface area contributed by atoms with Crippen LogP contribution in [0.2, 0.25) is 5.02 Å². The molecule has 2 rings (SSSR count). The molecule has 0 spiro atoms. The number of aromatic carboxylic acids is 1. The number of methoxy groups -OCH3 is 1. The van der Waals surface area contributed by atoms with Crippen molar-refractivity contribution in [2.45, 2.75) is 12.8 Å². The number of ether oxygens (including phenoxy) is 2. The van der Waals surface area contributed by atoms with Crippen LogP contribution in [0.1, 0.15) is 23.2 Å². The van der Waals surface area contributed by atoms with Crippen LogP contribution in [-0.2, 0) is 0 Å². The van der Waals surface area contributed by atoms with Gasteiger partial charge in [-0.3, -0.25) is 0 Å². The van der Waals surface area contributed by atoms with Crippen molar-refractivity contribution in [3.05, 3.63) is 22.7 Å². The van der Waals surface area contributed by atoms with E-state index in [0.717, 1.165) is 12.8 Å². The SMILES string of the molecule is COc1ccc(Cl)c(C(=O)O)c1OCC1CC1. The Labute approximate surface area is 104 Å². The summed E-state index contributed by atoms with van der Waals surface area (Å²) in [6.07, 6.45) is 2.26. The molecule has 0 saturated heterocycles. The molecule has 1 aromatic carbocycles. The first-order valence-electron chi connectivity index (χ1n) is 5.36. The van der Waals surface area contributed by atoms with E-state index in [9.17, 15) is 4.79 Å². The van der Waals surface area contributed by atoms with Crippen LogP contribution >= 0.6 is 11.6 Å². The maximum absolute atomic E-state index is 11.2. The number of halogens is 1. The highest BCUT2D eigenvalue weighted by Gasteiger charge is 2.25. The lowest BCUT2D eigenvalue weighted by Crippen LogP contribution is -2.07. The minimum Gasteiger partial charge on any atom is -0.493 e. The van der Waals surface area contributed by atoms with E-state index < -0.39 is 5.97 Å². The molecule has 17 heavy (non-hydrogen) atoms. The smallest absolute Gasteiger partial charge is 0.341 e. The molecule has 1 N–H and O–H groups in total. The topological polar surface area (TPSA) is 55.8 Å². The second-order valence-corrected chi connectivity index (χ2v) is 4.42. The Morgan fingerprint density at radius 3 is 2.76 bits per heavy atom. The van der Waals surface area contributed by atoms with E-state index in [-0.39, 0.29) is 16.3 Å². The summed E-state index contributed by atoms with van der Waals surface area (Å²) in [6, 6.07) is 3.10. The van der Waals surface area contributed by atoms with Crippen LogP contribution in [0.15, 0.2) is 12.1 Å². The molecule has 92 valence electrons. The zero-order chi connectivity index (χ0) is 12.4. The lowest BCUT2D eigenvalue weighted by atomic mass is 10.2.